The fraction of sp³-hybridized carbons (Fsp3) is 0.519. The molecule has 0 atom stereocenters. The number of piperidine rings is 1. The van der Waals surface area contributed by atoms with E-state index in [4.69, 9.17) is 9.47 Å². The Labute approximate surface area is 217 Å². The van der Waals surface area contributed by atoms with Crippen LogP contribution in [0.2, 0.25) is 0 Å². The third kappa shape index (κ3) is 6.31. The second kappa shape index (κ2) is 11.8. The first-order valence-corrected chi connectivity index (χ1v) is 13.2. The largest absolute Gasteiger partial charge is 0.488 e. The lowest BCUT2D eigenvalue weighted by molar-refractivity contribution is -0.132. The average Bonchev–Trinajstić information content (AvgIpc) is 3.31. The summed E-state index contributed by atoms with van der Waals surface area (Å²) in [6.45, 7) is 5.93. The van der Waals surface area contributed by atoms with Crippen LogP contribution in [0.5, 0.6) is 11.5 Å². The molecule has 198 valence electrons. The van der Waals surface area contributed by atoms with Crippen molar-refractivity contribution >= 4 is 28.4 Å². The smallest absolute Gasteiger partial charge is 0.260 e. The molecule has 1 saturated heterocycles. The van der Waals surface area contributed by atoms with Crippen LogP contribution in [0.1, 0.15) is 31.2 Å². The van der Waals surface area contributed by atoms with Gasteiger partial charge in [-0.25, -0.2) is 9.97 Å². The number of nitrogens with zero attached hydrogens (tertiary/aromatic N) is 5. The van der Waals surface area contributed by atoms with E-state index in [1.807, 2.05) is 31.4 Å². The Balaban J connectivity index is 1.41. The second-order valence-corrected chi connectivity index (χ2v) is 9.99. The fourth-order valence-electron chi connectivity index (χ4n) is 4.99. The minimum Gasteiger partial charge on any atom is -0.488 e. The summed E-state index contributed by atoms with van der Waals surface area (Å²) in [5.41, 5.74) is 2.71. The molecule has 2 aliphatic heterocycles. The van der Waals surface area contributed by atoms with Crippen LogP contribution in [0.3, 0.4) is 0 Å². The molecule has 2 bridgehead atoms. The van der Waals surface area contributed by atoms with Gasteiger partial charge in [0.05, 0.1) is 5.39 Å². The van der Waals surface area contributed by atoms with Gasteiger partial charge in [-0.05, 0) is 63.6 Å². The number of likely N-dealkylation sites (tertiary alicyclic amines) is 1. The molecule has 10 nitrogen and oxygen atoms in total. The van der Waals surface area contributed by atoms with Crippen molar-refractivity contribution in [2.75, 3.05) is 65.3 Å². The zero-order chi connectivity index (χ0) is 25.6. The number of ether oxygens (including phenoxy) is 2. The van der Waals surface area contributed by atoms with E-state index in [2.05, 4.69) is 37.1 Å². The predicted octanol–water partition coefficient (Wildman–Crippen LogP) is 3.24. The zero-order valence-electron chi connectivity index (χ0n) is 21.8. The number of fused-ring (bicyclic) bond motifs is 2. The summed E-state index contributed by atoms with van der Waals surface area (Å²) in [5.74, 6) is 1.84. The van der Waals surface area contributed by atoms with Crippen LogP contribution >= 0.6 is 0 Å². The first-order valence-electron chi connectivity index (χ1n) is 13.2. The first kappa shape index (κ1) is 25.3. The van der Waals surface area contributed by atoms with Crippen LogP contribution in [0.15, 0.2) is 30.7 Å². The van der Waals surface area contributed by atoms with Crippen molar-refractivity contribution in [1.82, 2.24) is 29.7 Å². The maximum Gasteiger partial charge on any atom is 0.260 e. The number of carbonyl (C=O) groups is 1. The van der Waals surface area contributed by atoms with Crippen LogP contribution < -0.4 is 14.8 Å². The molecule has 0 spiro atoms. The van der Waals surface area contributed by atoms with Crippen molar-refractivity contribution in [1.29, 1.82) is 0 Å². The van der Waals surface area contributed by atoms with E-state index in [9.17, 15) is 4.79 Å². The third-order valence-corrected chi connectivity index (χ3v) is 7.12. The van der Waals surface area contributed by atoms with E-state index >= 15 is 0 Å². The van der Waals surface area contributed by atoms with Gasteiger partial charge >= 0.3 is 0 Å². The van der Waals surface area contributed by atoms with Gasteiger partial charge in [-0.2, -0.15) is 0 Å². The highest BCUT2D eigenvalue weighted by Crippen LogP contribution is 2.33. The number of hydrogen-bond acceptors (Lipinski definition) is 8. The standard InChI is InChI=1S/C27H37N7O3/c1-32-9-6-10-33(2)24(35)18-37-23-15-21(7-8-22(23)36-14-13-34-11-4-3-5-12-34)31-27-25-20(17-32)16-28-26(25)29-19-30-27/h7-8,15-16,19H,3-6,9-14,17-18H2,1-2H3,(H2,28,29,30,31). The van der Waals surface area contributed by atoms with Gasteiger partial charge in [0.25, 0.3) is 5.91 Å². The second-order valence-electron chi connectivity index (χ2n) is 9.99. The SMILES string of the molecule is CN1CCCN(C)C(=O)COc2cc(ccc2OCCN2CCCCC2)Nc2ncnc3[nH]cc(c23)C1. The van der Waals surface area contributed by atoms with Gasteiger partial charge in [0.2, 0.25) is 0 Å². The summed E-state index contributed by atoms with van der Waals surface area (Å²) in [6, 6.07) is 5.73. The number of benzene rings is 1. The number of nitrogens with one attached hydrogen (secondary N) is 2. The molecule has 5 rings (SSSR count). The average molecular weight is 508 g/mol. The summed E-state index contributed by atoms with van der Waals surface area (Å²) in [7, 11) is 3.91. The highest BCUT2D eigenvalue weighted by Gasteiger charge is 2.18. The van der Waals surface area contributed by atoms with E-state index in [1.165, 1.54) is 19.3 Å². The van der Waals surface area contributed by atoms with Gasteiger partial charge < -0.3 is 29.6 Å². The molecule has 2 aromatic heterocycles. The molecule has 0 saturated carbocycles. The Kier molecular flexibility index (Phi) is 8.05. The summed E-state index contributed by atoms with van der Waals surface area (Å²) in [6.07, 6.45) is 8.22. The number of aromatic amines is 1. The number of rotatable bonds is 4. The normalized spacial score (nSPS) is 18.4. The molecule has 0 radical (unpaired) electrons. The molecule has 2 aliphatic rings. The molecular weight excluding hydrogens is 470 g/mol. The number of hydrogen-bond donors (Lipinski definition) is 2. The van der Waals surface area contributed by atoms with E-state index in [-0.39, 0.29) is 12.5 Å². The van der Waals surface area contributed by atoms with Crippen molar-refractivity contribution in [3.8, 4) is 11.5 Å². The molecule has 4 heterocycles. The summed E-state index contributed by atoms with van der Waals surface area (Å²) in [4.78, 5) is 31.4. The first-order chi connectivity index (χ1) is 18.1. The summed E-state index contributed by atoms with van der Waals surface area (Å²) in [5, 5.41) is 4.41. The lowest BCUT2D eigenvalue weighted by Gasteiger charge is -2.26. The minimum atomic E-state index is -0.0576. The van der Waals surface area contributed by atoms with E-state index in [0.717, 1.165) is 67.2 Å². The van der Waals surface area contributed by atoms with E-state index in [1.54, 1.807) is 11.2 Å². The molecule has 10 heteroatoms. The maximum absolute atomic E-state index is 12.8. The molecule has 3 aromatic rings. The van der Waals surface area contributed by atoms with Crippen molar-refractivity contribution < 1.29 is 14.3 Å². The number of H-pyrrole nitrogens is 1. The zero-order valence-corrected chi connectivity index (χ0v) is 21.8. The molecule has 1 amide bonds. The van der Waals surface area contributed by atoms with Crippen LogP contribution in [0, 0.1) is 0 Å². The number of amides is 1. The Morgan fingerprint density at radius 1 is 1.05 bits per heavy atom. The van der Waals surface area contributed by atoms with E-state index < -0.39 is 0 Å². The van der Waals surface area contributed by atoms with Crippen molar-refractivity contribution in [3.05, 3.63) is 36.3 Å². The fourth-order valence-corrected chi connectivity index (χ4v) is 4.99. The van der Waals surface area contributed by atoms with E-state index in [0.29, 0.717) is 24.7 Å². The molecule has 0 unspecified atom stereocenters. The Bertz CT molecular complexity index is 1210. The van der Waals surface area contributed by atoms with Gasteiger partial charge in [-0.15, -0.1) is 0 Å². The van der Waals surface area contributed by atoms with Crippen LogP contribution in [0.4, 0.5) is 11.5 Å². The van der Waals surface area contributed by atoms with Gasteiger partial charge in [-0.1, -0.05) is 6.42 Å². The van der Waals surface area contributed by atoms with Crippen LogP contribution in [-0.2, 0) is 11.3 Å². The van der Waals surface area contributed by atoms with Crippen molar-refractivity contribution in [2.24, 2.45) is 0 Å². The lowest BCUT2D eigenvalue weighted by Crippen LogP contribution is -2.34. The quantitative estimate of drug-likeness (QED) is 0.555. The van der Waals surface area contributed by atoms with Gasteiger partial charge in [-0.3, -0.25) is 9.69 Å². The Morgan fingerprint density at radius 2 is 1.92 bits per heavy atom. The molecule has 0 aliphatic carbocycles. The highest BCUT2D eigenvalue weighted by molar-refractivity contribution is 5.92. The number of likely N-dealkylation sites (N-methyl/N-ethyl adjacent to an activating group) is 1. The third-order valence-electron chi connectivity index (χ3n) is 7.12. The predicted molar refractivity (Wildman–Crippen MR) is 143 cm³/mol. The summed E-state index contributed by atoms with van der Waals surface area (Å²) >= 11 is 0. The van der Waals surface area contributed by atoms with Crippen molar-refractivity contribution in [3.63, 3.8) is 0 Å². The maximum atomic E-state index is 12.8. The Hall–Kier alpha value is -3.37. The molecule has 1 fully saturated rings. The molecule has 2 N–H and O–H groups in total. The lowest BCUT2D eigenvalue weighted by atomic mass is 10.1. The number of anilines is 2. The minimum absolute atomic E-state index is 0.0437. The van der Waals surface area contributed by atoms with Crippen LogP contribution in [-0.4, -0.2) is 95.6 Å². The molecular formula is C27H37N7O3. The van der Waals surface area contributed by atoms with Crippen molar-refractivity contribution in [2.45, 2.75) is 32.2 Å². The van der Waals surface area contributed by atoms with Gasteiger partial charge in [0.1, 0.15) is 24.4 Å². The molecule has 1 aromatic carbocycles. The topological polar surface area (TPSA) is 98.9 Å². The van der Waals surface area contributed by atoms with Gasteiger partial charge in [0.15, 0.2) is 18.1 Å². The van der Waals surface area contributed by atoms with Crippen LogP contribution in [0.25, 0.3) is 11.0 Å². The number of carbonyl (C=O) groups excluding carboxylic acids is 1. The highest BCUT2D eigenvalue weighted by atomic mass is 16.5. The monoisotopic (exact) mass is 507 g/mol. The number of aromatic nitrogens is 3. The summed E-state index contributed by atoms with van der Waals surface area (Å²) < 4.78 is 12.2. The molecule has 37 heavy (non-hydrogen) atoms. The van der Waals surface area contributed by atoms with Gasteiger partial charge in [0, 0.05) is 44.6 Å². The Morgan fingerprint density at radius 3 is 2.78 bits per heavy atom.